The van der Waals surface area contributed by atoms with Crippen LogP contribution in [0.2, 0.25) is 0 Å². The van der Waals surface area contributed by atoms with Crippen LogP contribution in [0.5, 0.6) is 5.75 Å². The average molecular weight is 262 g/mol. The molecule has 1 heterocycles. The van der Waals surface area contributed by atoms with Gasteiger partial charge in [0, 0.05) is 0 Å². The fraction of sp³-hybridized carbons (Fsp3) is 0.385. The Balaban J connectivity index is 1.66. The number of nitrogens with one attached hydrogen (secondary N) is 2. The molecule has 2 rings (SSSR count). The van der Waals surface area contributed by atoms with E-state index in [2.05, 4.69) is 20.8 Å². The molecule has 0 radical (unpaired) electrons. The molecule has 0 bridgehead atoms. The van der Waals surface area contributed by atoms with Crippen LogP contribution < -0.4 is 15.4 Å². The highest BCUT2D eigenvalue weighted by atomic mass is 16.5. The highest BCUT2D eigenvalue weighted by Crippen LogP contribution is 2.08. The number of para-hydroxylation sites is 1. The number of ether oxygens (including phenoxy) is 1. The molecule has 6 heteroatoms. The van der Waals surface area contributed by atoms with Crippen molar-refractivity contribution in [1.29, 1.82) is 0 Å². The van der Waals surface area contributed by atoms with Gasteiger partial charge in [0.2, 0.25) is 5.89 Å². The molecule has 0 unspecified atom stereocenters. The average Bonchev–Trinajstić information content (AvgIpc) is 2.90. The van der Waals surface area contributed by atoms with E-state index in [1.54, 1.807) is 0 Å². The van der Waals surface area contributed by atoms with Crippen molar-refractivity contribution in [3.63, 3.8) is 0 Å². The molecule has 0 aliphatic rings. The lowest BCUT2D eigenvalue weighted by molar-refractivity contribution is 0.331. The molecule has 2 N–H and O–H groups in total. The van der Waals surface area contributed by atoms with Crippen LogP contribution >= 0.6 is 0 Å². The Labute approximate surface area is 112 Å². The standard InChI is InChI=1S/C13H18N4O2/c1-2-14-10-12-16-17-13(19-12)15-8-9-18-11-6-4-3-5-7-11/h3-7,14H,2,8-10H2,1H3,(H,15,17). The zero-order valence-corrected chi connectivity index (χ0v) is 10.9. The molecular formula is C13H18N4O2. The quantitative estimate of drug-likeness (QED) is 0.705. The van der Waals surface area contributed by atoms with Crippen molar-refractivity contribution in [3.8, 4) is 5.75 Å². The summed E-state index contributed by atoms with van der Waals surface area (Å²) >= 11 is 0. The zero-order valence-electron chi connectivity index (χ0n) is 10.9. The zero-order chi connectivity index (χ0) is 13.3. The Morgan fingerprint density at radius 2 is 2.05 bits per heavy atom. The van der Waals surface area contributed by atoms with Gasteiger partial charge in [0.05, 0.1) is 13.1 Å². The summed E-state index contributed by atoms with van der Waals surface area (Å²) in [7, 11) is 0. The number of aromatic nitrogens is 2. The summed E-state index contributed by atoms with van der Waals surface area (Å²) in [5.74, 6) is 1.43. The normalized spacial score (nSPS) is 10.4. The predicted molar refractivity (Wildman–Crippen MR) is 72.1 cm³/mol. The van der Waals surface area contributed by atoms with Crippen molar-refractivity contribution in [1.82, 2.24) is 15.5 Å². The minimum Gasteiger partial charge on any atom is -0.492 e. The van der Waals surface area contributed by atoms with Crippen LogP contribution in [0.25, 0.3) is 0 Å². The summed E-state index contributed by atoms with van der Waals surface area (Å²) in [6, 6.07) is 10.1. The lowest BCUT2D eigenvalue weighted by Crippen LogP contribution is -2.12. The maximum atomic E-state index is 5.53. The Morgan fingerprint density at radius 1 is 1.21 bits per heavy atom. The molecule has 0 atom stereocenters. The summed E-state index contributed by atoms with van der Waals surface area (Å²) in [6.07, 6.45) is 0. The minimum atomic E-state index is 0.421. The van der Waals surface area contributed by atoms with Gasteiger partial charge in [0.15, 0.2) is 0 Å². The lowest BCUT2D eigenvalue weighted by Gasteiger charge is -2.05. The van der Waals surface area contributed by atoms with E-state index in [0.717, 1.165) is 12.3 Å². The molecule has 0 aliphatic carbocycles. The van der Waals surface area contributed by atoms with Gasteiger partial charge in [-0.2, -0.15) is 0 Å². The van der Waals surface area contributed by atoms with Crippen LogP contribution in [0.1, 0.15) is 12.8 Å². The van der Waals surface area contributed by atoms with Crippen LogP contribution in [-0.2, 0) is 6.54 Å². The molecule has 0 saturated heterocycles. The molecule has 0 aliphatic heterocycles. The molecular weight excluding hydrogens is 244 g/mol. The number of rotatable bonds is 8. The Morgan fingerprint density at radius 3 is 2.84 bits per heavy atom. The van der Waals surface area contributed by atoms with E-state index in [1.807, 2.05) is 37.3 Å². The van der Waals surface area contributed by atoms with E-state index in [1.165, 1.54) is 0 Å². The van der Waals surface area contributed by atoms with Gasteiger partial charge < -0.3 is 19.8 Å². The number of nitrogens with zero attached hydrogens (tertiary/aromatic N) is 2. The van der Waals surface area contributed by atoms with Crippen LogP contribution in [0.4, 0.5) is 6.01 Å². The maximum Gasteiger partial charge on any atom is 0.315 e. The third-order valence-electron chi connectivity index (χ3n) is 2.38. The fourth-order valence-electron chi connectivity index (χ4n) is 1.47. The van der Waals surface area contributed by atoms with E-state index in [9.17, 15) is 0 Å². The second kappa shape index (κ2) is 7.38. The minimum absolute atomic E-state index is 0.421. The molecule has 102 valence electrons. The first kappa shape index (κ1) is 13.4. The van der Waals surface area contributed by atoms with E-state index >= 15 is 0 Å². The van der Waals surface area contributed by atoms with Gasteiger partial charge in [-0.25, -0.2) is 0 Å². The summed E-state index contributed by atoms with van der Waals surface area (Å²) in [5.41, 5.74) is 0. The van der Waals surface area contributed by atoms with Crippen molar-refractivity contribution in [2.75, 3.05) is 25.0 Å². The second-order valence-corrected chi connectivity index (χ2v) is 3.87. The Kier molecular flexibility index (Phi) is 5.18. The molecule has 0 saturated carbocycles. The molecule has 19 heavy (non-hydrogen) atoms. The van der Waals surface area contributed by atoms with Crippen LogP contribution in [0, 0.1) is 0 Å². The smallest absolute Gasteiger partial charge is 0.315 e. The summed E-state index contributed by atoms with van der Waals surface area (Å²) in [5, 5.41) is 13.9. The van der Waals surface area contributed by atoms with Crippen molar-refractivity contribution in [3.05, 3.63) is 36.2 Å². The van der Waals surface area contributed by atoms with Crippen LogP contribution in [0.15, 0.2) is 34.7 Å². The van der Waals surface area contributed by atoms with E-state index < -0.39 is 0 Å². The third-order valence-corrected chi connectivity index (χ3v) is 2.38. The molecule has 6 nitrogen and oxygen atoms in total. The van der Waals surface area contributed by atoms with Gasteiger partial charge in [-0.3, -0.25) is 0 Å². The third kappa shape index (κ3) is 4.59. The SMILES string of the molecule is CCNCc1nnc(NCCOc2ccccc2)o1. The van der Waals surface area contributed by atoms with E-state index in [4.69, 9.17) is 9.15 Å². The van der Waals surface area contributed by atoms with Gasteiger partial charge >= 0.3 is 6.01 Å². The lowest BCUT2D eigenvalue weighted by atomic mass is 10.3. The van der Waals surface area contributed by atoms with Crippen molar-refractivity contribution < 1.29 is 9.15 Å². The largest absolute Gasteiger partial charge is 0.492 e. The molecule has 0 amide bonds. The van der Waals surface area contributed by atoms with Gasteiger partial charge in [-0.1, -0.05) is 30.2 Å². The molecule has 0 spiro atoms. The summed E-state index contributed by atoms with van der Waals surface area (Å²) in [4.78, 5) is 0. The first-order chi connectivity index (χ1) is 9.38. The van der Waals surface area contributed by atoms with Gasteiger partial charge in [0.1, 0.15) is 12.4 Å². The molecule has 1 aromatic heterocycles. The Bertz CT molecular complexity index is 473. The van der Waals surface area contributed by atoms with Crippen molar-refractivity contribution >= 4 is 6.01 Å². The summed E-state index contributed by atoms with van der Waals surface area (Å²) in [6.45, 7) is 4.63. The van der Waals surface area contributed by atoms with Crippen LogP contribution in [0.3, 0.4) is 0 Å². The molecule has 2 aromatic rings. The van der Waals surface area contributed by atoms with Gasteiger partial charge in [-0.05, 0) is 18.7 Å². The van der Waals surface area contributed by atoms with Gasteiger partial charge in [0.25, 0.3) is 0 Å². The first-order valence-corrected chi connectivity index (χ1v) is 6.33. The highest BCUT2D eigenvalue weighted by Gasteiger charge is 2.04. The van der Waals surface area contributed by atoms with Gasteiger partial charge in [-0.15, -0.1) is 5.10 Å². The van der Waals surface area contributed by atoms with Crippen molar-refractivity contribution in [2.45, 2.75) is 13.5 Å². The van der Waals surface area contributed by atoms with E-state index in [-0.39, 0.29) is 0 Å². The number of benzene rings is 1. The fourth-order valence-corrected chi connectivity index (χ4v) is 1.47. The van der Waals surface area contributed by atoms with Crippen molar-refractivity contribution in [2.24, 2.45) is 0 Å². The molecule has 1 aromatic carbocycles. The topological polar surface area (TPSA) is 72.2 Å². The number of anilines is 1. The van der Waals surface area contributed by atoms with Crippen LogP contribution in [-0.4, -0.2) is 29.9 Å². The number of hydrogen-bond acceptors (Lipinski definition) is 6. The Hall–Kier alpha value is -2.08. The summed E-state index contributed by atoms with van der Waals surface area (Å²) < 4.78 is 10.9. The highest BCUT2D eigenvalue weighted by molar-refractivity contribution is 5.21. The first-order valence-electron chi connectivity index (χ1n) is 6.33. The monoisotopic (exact) mass is 262 g/mol. The predicted octanol–water partition coefficient (Wildman–Crippen LogP) is 1.67. The maximum absolute atomic E-state index is 5.53. The molecule has 0 fully saturated rings. The number of hydrogen-bond donors (Lipinski definition) is 2. The second-order valence-electron chi connectivity index (χ2n) is 3.87. The van der Waals surface area contributed by atoms with E-state index in [0.29, 0.717) is 31.6 Å².